The number of nitriles is 1. The van der Waals surface area contributed by atoms with Crippen LogP contribution in [0.1, 0.15) is 37.7 Å². The molecule has 22 heavy (non-hydrogen) atoms. The first-order valence-corrected chi connectivity index (χ1v) is 6.99. The molecule has 0 fully saturated rings. The van der Waals surface area contributed by atoms with Crippen LogP contribution in [0.5, 0.6) is 0 Å². The summed E-state index contributed by atoms with van der Waals surface area (Å²) in [4.78, 5) is 16.3. The maximum atomic E-state index is 11.7. The van der Waals surface area contributed by atoms with Gasteiger partial charge < -0.3 is 9.75 Å². The van der Waals surface area contributed by atoms with Crippen LogP contribution in [0.2, 0.25) is 0 Å². The fraction of sp³-hybridized carbons (Fsp3) is 0.438. The Morgan fingerprint density at radius 1 is 1.45 bits per heavy atom. The van der Waals surface area contributed by atoms with Gasteiger partial charge in [-0.15, -0.1) is 0 Å². The summed E-state index contributed by atoms with van der Waals surface area (Å²) in [5.41, 5.74) is 5.47. The van der Waals surface area contributed by atoms with Crippen molar-refractivity contribution in [2.24, 2.45) is 0 Å². The highest BCUT2D eigenvalue weighted by atomic mass is 16.5. The van der Waals surface area contributed by atoms with Gasteiger partial charge in [-0.25, -0.2) is 15.2 Å². The molecule has 2 heterocycles. The van der Waals surface area contributed by atoms with Crippen LogP contribution in [0.3, 0.4) is 0 Å². The van der Waals surface area contributed by atoms with Crippen LogP contribution >= 0.6 is 0 Å². The number of aromatic nitrogens is 1. The number of hydrogen-bond acceptors (Lipinski definition) is 6. The average molecular weight is 300 g/mol. The van der Waals surface area contributed by atoms with Gasteiger partial charge in [-0.3, -0.25) is 0 Å². The van der Waals surface area contributed by atoms with Gasteiger partial charge in [0.25, 0.3) is 0 Å². The number of esters is 1. The minimum atomic E-state index is -0.573. The van der Waals surface area contributed by atoms with Crippen molar-refractivity contribution in [1.82, 2.24) is 15.4 Å². The monoisotopic (exact) mass is 300 g/mol. The van der Waals surface area contributed by atoms with Crippen molar-refractivity contribution >= 4 is 11.7 Å². The second-order valence-electron chi connectivity index (χ2n) is 6.20. The zero-order valence-electron chi connectivity index (χ0n) is 13.5. The highest BCUT2D eigenvalue weighted by Gasteiger charge is 2.30. The molecule has 2 rings (SSSR count). The normalized spacial score (nSPS) is 17.9. The Kier molecular flexibility index (Phi) is 4.20. The molecule has 1 aromatic rings. The van der Waals surface area contributed by atoms with E-state index in [0.717, 1.165) is 5.69 Å². The number of hydrazine groups is 1. The number of nitrogens with one attached hydrogen (secondary N) is 1. The SMILES string of the molecule is COC(=O)C1C=C(c2nc(C(C)(C)C)ccc2C#N)N(C)N1. The van der Waals surface area contributed by atoms with Gasteiger partial charge in [0.2, 0.25) is 0 Å². The molecule has 6 nitrogen and oxygen atoms in total. The number of carbonyl (C=O) groups is 1. The number of pyridine rings is 1. The molecule has 0 aliphatic carbocycles. The molecular weight excluding hydrogens is 280 g/mol. The molecule has 0 aromatic carbocycles. The molecule has 1 aliphatic rings. The van der Waals surface area contributed by atoms with Gasteiger partial charge in [-0.2, -0.15) is 5.26 Å². The highest BCUT2D eigenvalue weighted by Crippen LogP contribution is 2.27. The summed E-state index contributed by atoms with van der Waals surface area (Å²) in [6, 6.07) is 5.21. The Morgan fingerprint density at radius 3 is 2.68 bits per heavy atom. The first-order chi connectivity index (χ1) is 10.3. The third kappa shape index (κ3) is 2.95. The van der Waals surface area contributed by atoms with E-state index in [0.29, 0.717) is 17.0 Å². The van der Waals surface area contributed by atoms with E-state index in [1.807, 2.05) is 6.07 Å². The van der Waals surface area contributed by atoms with Crippen LogP contribution in [-0.4, -0.2) is 36.2 Å². The van der Waals surface area contributed by atoms with E-state index < -0.39 is 6.04 Å². The van der Waals surface area contributed by atoms with Crippen molar-refractivity contribution < 1.29 is 9.53 Å². The molecule has 0 bridgehead atoms. The van der Waals surface area contributed by atoms with Crippen LogP contribution in [-0.2, 0) is 14.9 Å². The van der Waals surface area contributed by atoms with E-state index in [4.69, 9.17) is 4.74 Å². The molecule has 1 N–H and O–H groups in total. The predicted octanol–water partition coefficient (Wildman–Crippen LogP) is 1.58. The second kappa shape index (κ2) is 5.78. The van der Waals surface area contributed by atoms with Gasteiger partial charge in [-0.05, 0) is 18.2 Å². The lowest BCUT2D eigenvalue weighted by Gasteiger charge is -2.22. The van der Waals surface area contributed by atoms with Gasteiger partial charge in [-0.1, -0.05) is 20.8 Å². The van der Waals surface area contributed by atoms with Crippen LogP contribution < -0.4 is 5.43 Å². The largest absolute Gasteiger partial charge is 0.468 e. The number of carbonyl (C=O) groups excluding carboxylic acids is 1. The highest BCUT2D eigenvalue weighted by molar-refractivity contribution is 5.83. The Hall–Kier alpha value is -2.39. The van der Waals surface area contributed by atoms with E-state index in [2.05, 4.69) is 37.3 Å². The number of hydrogen-bond donors (Lipinski definition) is 1. The first-order valence-electron chi connectivity index (χ1n) is 6.99. The van der Waals surface area contributed by atoms with E-state index in [1.165, 1.54) is 7.11 Å². The Balaban J connectivity index is 2.51. The molecule has 1 aromatic heterocycles. The van der Waals surface area contributed by atoms with Crippen molar-refractivity contribution in [3.05, 3.63) is 35.2 Å². The summed E-state index contributed by atoms with van der Waals surface area (Å²) < 4.78 is 4.74. The molecule has 0 saturated carbocycles. The van der Waals surface area contributed by atoms with Crippen LogP contribution in [0.4, 0.5) is 0 Å². The Bertz CT molecular complexity index is 668. The lowest BCUT2D eigenvalue weighted by molar-refractivity contribution is -0.142. The van der Waals surface area contributed by atoms with Crippen molar-refractivity contribution in [2.75, 3.05) is 14.2 Å². The van der Waals surface area contributed by atoms with Gasteiger partial charge in [0.05, 0.1) is 18.4 Å². The summed E-state index contributed by atoms with van der Waals surface area (Å²) in [5, 5.41) is 11.0. The van der Waals surface area contributed by atoms with Gasteiger partial charge in [0.1, 0.15) is 17.8 Å². The Morgan fingerprint density at radius 2 is 2.14 bits per heavy atom. The quantitative estimate of drug-likeness (QED) is 0.836. The first kappa shape index (κ1) is 16.0. The third-order valence-electron chi connectivity index (χ3n) is 3.50. The molecule has 0 saturated heterocycles. The summed E-state index contributed by atoms with van der Waals surface area (Å²) in [5.74, 6) is -0.382. The maximum Gasteiger partial charge on any atom is 0.328 e. The molecule has 116 valence electrons. The van der Waals surface area contributed by atoms with Crippen molar-refractivity contribution in [3.63, 3.8) is 0 Å². The van der Waals surface area contributed by atoms with E-state index >= 15 is 0 Å². The summed E-state index contributed by atoms with van der Waals surface area (Å²) in [6.07, 6.45) is 1.72. The second-order valence-corrected chi connectivity index (χ2v) is 6.20. The summed E-state index contributed by atoms with van der Waals surface area (Å²) in [6.45, 7) is 6.19. The van der Waals surface area contributed by atoms with Gasteiger partial charge in [0.15, 0.2) is 0 Å². The fourth-order valence-corrected chi connectivity index (χ4v) is 2.23. The van der Waals surface area contributed by atoms with Crippen molar-refractivity contribution in [2.45, 2.75) is 32.2 Å². The van der Waals surface area contributed by atoms with Gasteiger partial charge in [0, 0.05) is 18.2 Å². The molecule has 1 aliphatic heterocycles. The molecule has 1 atom stereocenters. The van der Waals surface area contributed by atoms with Crippen LogP contribution in [0, 0.1) is 11.3 Å². The lowest BCUT2D eigenvalue weighted by Crippen LogP contribution is -2.39. The molecule has 6 heteroatoms. The van der Waals surface area contributed by atoms with Gasteiger partial charge >= 0.3 is 5.97 Å². The number of nitrogens with zero attached hydrogens (tertiary/aromatic N) is 3. The molecule has 0 radical (unpaired) electrons. The number of rotatable bonds is 2. The minimum Gasteiger partial charge on any atom is -0.468 e. The smallest absolute Gasteiger partial charge is 0.328 e. The maximum absolute atomic E-state index is 11.7. The van der Waals surface area contributed by atoms with E-state index in [9.17, 15) is 10.1 Å². The predicted molar refractivity (Wildman–Crippen MR) is 82.3 cm³/mol. The lowest BCUT2D eigenvalue weighted by atomic mass is 9.91. The van der Waals surface area contributed by atoms with Crippen LogP contribution in [0.25, 0.3) is 5.70 Å². The number of methoxy groups -OCH3 is 1. The van der Waals surface area contributed by atoms with Crippen molar-refractivity contribution in [3.8, 4) is 6.07 Å². The summed E-state index contributed by atoms with van der Waals surface area (Å²) >= 11 is 0. The van der Waals surface area contributed by atoms with Crippen molar-refractivity contribution in [1.29, 1.82) is 5.26 Å². The Labute approximate surface area is 130 Å². The third-order valence-corrected chi connectivity index (χ3v) is 3.50. The van der Waals surface area contributed by atoms with E-state index in [-0.39, 0.29) is 11.4 Å². The topological polar surface area (TPSA) is 78.2 Å². The zero-order valence-corrected chi connectivity index (χ0v) is 13.5. The average Bonchev–Trinajstić information content (AvgIpc) is 2.86. The summed E-state index contributed by atoms with van der Waals surface area (Å²) in [7, 11) is 3.12. The standard InChI is InChI=1S/C16H20N4O2/c1-16(2,3)13-7-6-10(9-17)14(18-13)12-8-11(15(21)22-5)19-20(12)4/h6-8,11,19H,1-5H3. The molecular formula is C16H20N4O2. The molecule has 0 spiro atoms. The van der Waals surface area contributed by atoms with E-state index in [1.54, 1.807) is 24.2 Å². The fourth-order valence-electron chi connectivity index (χ4n) is 2.23. The number of ether oxygens (including phenoxy) is 1. The molecule has 0 amide bonds. The van der Waals surface area contributed by atoms with Crippen LogP contribution in [0.15, 0.2) is 18.2 Å². The molecule has 1 unspecified atom stereocenters. The zero-order chi connectivity index (χ0) is 16.5. The minimum absolute atomic E-state index is 0.129.